The molecule has 0 N–H and O–H groups in total. The van der Waals surface area contributed by atoms with E-state index in [0.29, 0.717) is 6.42 Å². The van der Waals surface area contributed by atoms with E-state index >= 15 is 0 Å². The number of carbonyl (C=O) groups is 2. The number of hydrogen-bond donors (Lipinski definition) is 0. The fourth-order valence-corrected chi connectivity index (χ4v) is 3.79. The highest BCUT2D eigenvalue weighted by atomic mass is 35.5. The Bertz CT molecular complexity index is 329. The summed E-state index contributed by atoms with van der Waals surface area (Å²) in [5, 5.41) is 10.6. The van der Waals surface area contributed by atoms with Crippen molar-refractivity contribution in [2.24, 2.45) is 23.7 Å². The van der Waals surface area contributed by atoms with Gasteiger partial charge in [-0.25, -0.2) is 0 Å². The first-order valence-electron chi connectivity index (χ1n) is 4.66. The number of hydrogen-bond acceptors (Lipinski definition) is 4. The van der Waals surface area contributed by atoms with Gasteiger partial charge in [-0.2, -0.15) is 0 Å². The van der Waals surface area contributed by atoms with Crippen molar-refractivity contribution in [3.8, 4) is 0 Å². The van der Waals surface area contributed by atoms with Crippen molar-refractivity contribution >= 4 is 23.5 Å². The number of alkyl halides is 1. The van der Waals surface area contributed by atoms with Gasteiger partial charge in [0.05, 0.1) is 11.3 Å². The highest BCUT2D eigenvalue weighted by Gasteiger charge is 2.66. The fourth-order valence-electron chi connectivity index (χ4n) is 3.29. The molecule has 14 heavy (non-hydrogen) atoms. The second kappa shape index (κ2) is 2.42. The first-order chi connectivity index (χ1) is 6.61. The normalized spacial score (nSPS) is 53.6. The van der Waals surface area contributed by atoms with Gasteiger partial charge in [-0.1, -0.05) is 0 Å². The largest absolute Gasteiger partial charge is 0.550 e. The zero-order valence-corrected chi connectivity index (χ0v) is 7.94. The second-order valence-electron chi connectivity index (χ2n) is 4.28. The molecule has 3 fully saturated rings. The number of fused-ring (bicyclic) bond motifs is 1. The maximum absolute atomic E-state index is 11.4. The summed E-state index contributed by atoms with van der Waals surface area (Å²) in [6.45, 7) is 0. The summed E-state index contributed by atoms with van der Waals surface area (Å²) in [7, 11) is 0. The summed E-state index contributed by atoms with van der Waals surface area (Å²) < 4.78 is 5.07. The van der Waals surface area contributed by atoms with Crippen LogP contribution in [0.5, 0.6) is 0 Å². The molecule has 1 aliphatic heterocycles. The van der Waals surface area contributed by atoms with Crippen LogP contribution in [-0.2, 0) is 14.3 Å². The van der Waals surface area contributed by atoms with Crippen molar-refractivity contribution in [1.82, 2.24) is 0 Å². The Morgan fingerprint density at radius 3 is 2.86 bits per heavy atom. The third-order valence-corrected chi connectivity index (χ3v) is 4.37. The van der Waals surface area contributed by atoms with Crippen LogP contribution in [0.2, 0.25) is 0 Å². The van der Waals surface area contributed by atoms with Gasteiger partial charge in [-0.05, 0) is 12.3 Å². The van der Waals surface area contributed by atoms with Gasteiger partial charge in [0.15, 0.2) is 0 Å². The van der Waals surface area contributed by atoms with Gasteiger partial charge >= 0.3 is 5.97 Å². The number of rotatable bonds is 1. The minimum absolute atomic E-state index is 0.0119. The number of carbonyl (C=O) groups excluding carboxylic acids is 2. The Balaban J connectivity index is 2.04. The Hall–Kier alpha value is -0.770. The third-order valence-electron chi connectivity index (χ3n) is 3.80. The van der Waals surface area contributed by atoms with E-state index in [0.717, 1.165) is 0 Å². The smallest absolute Gasteiger partial charge is 0.310 e. The predicted molar refractivity (Wildman–Crippen MR) is 43.1 cm³/mol. The summed E-state index contributed by atoms with van der Waals surface area (Å²) >= 11 is 6.04. The highest BCUT2D eigenvalue weighted by Crippen LogP contribution is 2.59. The number of aliphatic carboxylic acids is 1. The minimum Gasteiger partial charge on any atom is -0.550 e. The molecule has 0 amide bonds. The van der Waals surface area contributed by atoms with Gasteiger partial charge in [-0.15, -0.1) is 11.6 Å². The van der Waals surface area contributed by atoms with E-state index in [1.165, 1.54) is 0 Å². The summed E-state index contributed by atoms with van der Waals surface area (Å²) in [4.78, 5) is 22.3. The molecule has 0 aromatic rings. The van der Waals surface area contributed by atoms with Crippen LogP contribution in [0.25, 0.3) is 0 Å². The predicted octanol–water partition coefficient (Wildman–Crippen LogP) is -0.849. The molecule has 1 heterocycles. The van der Waals surface area contributed by atoms with Crippen molar-refractivity contribution in [1.29, 1.82) is 0 Å². The van der Waals surface area contributed by atoms with E-state index in [1.807, 2.05) is 0 Å². The average molecular weight is 216 g/mol. The molecule has 0 aromatic heterocycles. The Kier molecular flexibility index (Phi) is 1.48. The number of ether oxygens (including phenoxy) is 1. The molecule has 5 heteroatoms. The van der Waals surface area contributed by atoms with Crippen molar-refractivity contribution in [3.05, 3.63) is 0 Å². The molecule has 3 aliphatic rings. The lowest BCUT2D eigenvalue weighted by Gasteiger charge is -2.28. The molecule has 2 saturated carbocycles. The van der Waals surface area contributed by atoms with Crippen LogP contribution in [0.15, 0.2) is 0 Å². The maximum atomic E-state index is 11.4. The summed E-state index contributed by atoms with van der Waals surface area (Å²) in [6.07, 6.45) is 0.434. The van der Waals surface area contributed by atoms with Crippen LogP contribution >= 0.6 is 11.6 Å². The molecule has 2 aliphatic carbocycles. The average Bonchev–Trinajstić information content (AvgIpc) is 2.67. The van der Waals surface area contributed by atoms with Gasteiger partial charge in [0, 0.05) is 17.8 Å². The van der Waals surface area contributed by atoms with E-state index in [2.05, 4.69) is 0 Å². The molecular formula is C9H8ClO4-. The third kappa shape index (κ3) is 0.764. The second-order valence-corrected chi connectivity index (χ2v) is 4.78. The van der Waals surface area contributed by atoms with E-state index in [4.69, 9.17) is 16.3 Å². The number of halogens is 1. The fraction of sp³-hybridized carbons (Fsp3) is 0.778. The number of carboxylic acids is 1. The van der Waals surface area contributed by atoms with Crippen LogP contribution in [0.3, 0.4) is 0 Å². The summed E-state index contributed by atoms with van der Waals surface area (Å²) in [5.74, 6) is -2.92. The van der Waals surface area contributed by atoms with Crippen LogP contribution in [0.4, 0.5) is 0 Å². The summed E-state index contributed by atoms with van der Waals surface area (Å²) in [6, 6.07) is 0. The molecular weight excluding hydrogens is 208 g/mol. The van der Waals surface area contributed by atoms with Crippen molar-refractivity contribution in [2.45, 2.75) is 17.9 Å². The molecule has 6 unspecified atom stereocenters. The maximum Gasteiger partial charge on any atom is 0.310 e. The summed E-state index contributed by atoms with van der Waals surface area (Å²) in [5.41, 5.74) is 0. The Morgan fingerprint density at radius 1 is 1.50 bits per heavy atom. The monoisotopic (exact) mass is 215 g/mol. The molecule has 0 spiro atoms. The van der Waals surface area contributed by atoms with E-state index in [1.54, 1.807) is 0 Å². The molecule has 1 saturated heterocycles. The van der Waals surface area contributed by atoms with Crippen LogP contribution in [0.1, 0.15) is 6.42 Å². The van der Waals surface area contributed by atoms with Crippen molar-refractivity contribution < 1.29 is 19.4 Å². The van der Waals surface area contributed by atoms with Crippen molar-refractivity contribution in [2.75, 3.05) is 0 Å². The molecule has 76 valence electrons. The van der Waals surface area contributed by atoms with Crippen LogP contribution in [-0.4, -0.2) is 23.4 Å². The quantitative estimate of drug-likeness (QED) is 0.422. The first-order valence-corrected chi connectivity index (χ1v) is 5.10. The zero-order chi connectivity index (χ0) is 10.0. The lowest BCUT2D eigenvalue weighted by Crippen LogP contribution is -2.44. The Labute approximate surface area is 85.2 Å². The molecule has 0 radical (unpaired) electrons. The Morgan fingerprint density at radius 2 is 2.21 bits per heavy atom. The van der Waals surface area contributed by atoms with Gasteiger partial charge in [-0.3, -0.25) is 4.79 Å². The standard InChI is InChI=1S/C9H9ClO4/c10-6-2-1-3-5(4(2)8(11)12)9(13)14-7(3)6/h2-7H,1H2,(H,11,12)/p-1. The first kappa shape index (κ1) is 8.53. The highest BCUT2D eigenvalue weighted by molar-refractivity contribution is 6.22. The van der Waals surface area contributed by atoms with Crippen molar-refractivity contribution in [3.63, 3.8) is 0 Å². The lowest BCUT2D eigenvalue weighted by atomic mass is 9.80. The SMILES string of the molecule is O=C([O-])C1C2CC3C(OC(=O)C31)C2Cl. The van der Waals surface area contributed by atoms with E-state index in [-0.39, 0.29) is 23.3 Å². The molecule has 0 aromatic carbocycles. The van der Waals surface area contributed by atoms with Gasteiger partial charge in [0.2, 0.25) is 0 Å². The van der Waals surface area contributed by atoms with Crippen LogP contribution < -0.4 is 5.11 Å². The van der Waals surface area contributed by atoms with Gasteiger partial charge in [0.1, 0.15) is 6.10 Å². The van der Waals surface area contributed by atoms with Gasteiger partial charge < -0.3 is 14.6 Å². The molecule has 3 rings (SSSR count). The number of esters is 1. The zero-order valence-electron chi connectivity index (χ0n) is 7.18. The van der Waals surface area contributed by atoms with E-state index in [9.17, 15) is 14.7 Å². The minimum atomic E-state index is -1.16. The number of carboxylic acid groups (broad SMARTS) is 1. The topological polar surface area (TPSA) is 66.4 Å². The van der Waals surface area contributed by atoms with Crippen LogP contribution in [0, 0.1) is 23.7 Å². The molecule has 6 atom stereocenters. The van der Waals surface area contributed by atoms with E-state index < -0.39 is 23.8 Å². The molecule has 4 nitrogen and oxygen atoms in total. The molecule has 2 bridgehead atoms. The lowest BCUT2D eigenvalue weighted by molar-refractivity contribution is -0.314. The van der Waals surface area contributed by atoms with Gasteiger partial charge in [0.25, 0.3) is 0 Å².